The minimum atomic E-state index is -0.378. The molecule has 4 aromatic rings. The van der Waals surface area contributed by atoms with Gasteiger partial charge in [-0.15, -0.1) is 0 Å². The number of benzene rings is 2. The van der Waals surface area contributed by atoms with Gasteiger partial charge in [-0.25, -0.2) is 9.78 Å². The number of anilines is 1. The highest BCUT2D eigenvalue weighted by Gasteiger charge is 2.43. The van der Waals surface area contributed by atoms with Crippen LogP contribution in [0, 0.1) is 6.92 Å². The topological polar surface area (TPSA) is 86.9 Å². The van der Waals surface area contributed by atoms with E-state index in [1.807, 2.05) is 6.07 Å². The third kappa shape index (κ3) is 4.45. The molecule has 4 heterocycles. The van der Waals surface area contributed by atoms with Crippen LogP contribution >= 0.6 is 11.3 Å². The average Bonchev–Trinajstić information content (AvgIpc) is 3.49. The summed E-state index contributed by atoms with van der Waals surface area (Å²) in [5, 5.41) is 5.50. The zero-order chi connectivity index (χ0) is 27.4. The van der Waals surface area contributed by atoms with Crippen LogP contribution in [0.4, 0.5) is 5.13 Å². The highest BCUT2D eigenvalue weighted by Crippen LogP contribution is 2.46. The molecule has 0 spiro atoms. The molecule has 3 atom stereocenters. The van der Waals surface area contributed by atoms with Gasteiger partial charge in [-0.2, -0.15) is 0 Å². The Balaban J connectivity index is 1.10. The minimum absolute atomic E-state index is 0.176. The Morgan fingerprint density at radius 2 is 1.88 bits per heavy atom. The van der Waals surface area contributed by atoms with Crippen molar-refractivity contribution < 1.29 is 23.5 Å². The molecule has 7 rings (SSSR count). The molecule has 3 aliphatic rings. The Kier molecular flexibility index (Phi) is 6.51. The summed E-state index contributed by atoms with van der Waals surface area (Å²) in [5.74, 6) is 1.69. The lowest BCUT2D eigenvalue weighted by atomic mass is 9.99. The lowest BCUT2D eigenvalue weighted by Crippen LogP contribution is -2.45. The van der Waals surface area contributed by atoms with E-state index in [1.54, 1.807) is 24.5 Å². The van der Waals surface area contributed by atoms with Crippen LogP contribution in [0.2, 0.25) is 0 Å². The second kappa shape index (κ2) is 10.2. The molecule has 9 heteroatoms. The third-order valence-electron chi connectivity index (χ3n) is 8.63. The Morgan fingerprint density at radius 1 is 1.10 bits per heavy atom. The number of hydrogen-bond donors (Lipinski definition) is 0. The van der Waals surface area contributed by atoms with E-state index < -0.39 is 0 Å². The van der Waals surface area contributed by atoms with E-state index in [0.29, 0.717) is 35.9 Å². The number of ether oxygens (including phenoxy) is 3. The molecule has 2 aromatic carbocycles. The van der Waals surface area contributed by atoms with Crippen LogP contribution in [0.25, 0.3) is 21.5 Å². The molecule has 40 heavy (non-hydrogen) atoms. The maximum atomic E-state index is 12.2. The summed E-state index contributed by atoms with van der Waals surface area (Å²) in [5.41, 5.74) is 5.62. The highest BCUT2D eigenvalue weighted by atomic mass is 32.1. The van der Waals surface area contributed by atoms with Gasteiger partial charge < -0.3 is 23.6 Å². The van der Waals surface area contributed by atoms with Gasteiger partial charge in [0, 0.05) is 29.1 Å². The van der Waals surface area contributed by atoms with Gasteiger partial charge in [0.2, 0.25) is 0 Å². The number of fused-ring (bicyclic) bond motifs is 3. The zero-order valence-electron chi connectivity index (χ0n) is 23.0. The van der Waals surface area contributed by atoms with Crippen molar-refractivity contribution in [1.29, 1.82) is 0 Å². The fourth-order valence-electron chi connectivity index (χ4n) is 6.44. The number of carbonyl (C=O) groups is 1. The van der Waals surface area contributed by atoms with Crippen LogP contribution in [-0.2, 0) is 16.1 Å². The fraction of sp³-hybridized carbons (Fsp3) is 0.452. The lowest BCUT2D eigenvalue weighted by molar-refractivity contribution is 0.0147. The number of esters is 1. The molecule has 1 aliphatic carbocycles. The smallest absolute Gasteiger partial charge is 0.338 e. The van der Waals surface area contributed by atoms with Crippen LogP contribution in [0.15, 0.2) is 40.9 Å². The summed E-state index contributed by atoms with van der Waals surface area (Å²) in [6, 6.07) is 12.6. The molecule has 2 saturated heterocycles. The van der Waals surface area contributed by atoms with Crippen molar-refractivity contribution in [2.45, 2.75) is 76.2 Å². The van der Waals surface area contributed by atoms with E-state index in [4.69, 9.17) is 23.7 Å². The van der Waals surface area contributed by atoms with E-state index >= 15 is 0 Å². The van der Waals surface area contributed by atoms with Gasteiger partial charge in [0.15, 0.2) is 5.13 Å². The SMILES string of the molecule is COC(=O)c1cc(OC)c2nc(N3C4CC[C@H]3CC(OCc3c(-c5ccccc5C)noc3C3CC3)C4)sc2c1. The first-order chi connectivity index (χ1) is 19.5. The molecule has 2 aromatic heterocycles. The van der Waals surface area contributed by atoms with E-state index in [2.05, 4.69) is 41.2 Å². The lowest BCUT2D eigenvalue weighted by Gasteiger charge is -2.38. The second-order valence-corrected chi connectivity index (χ2v) is 12.2. The van der Waals surface area contributed by atoms with E-state index in [-0.39, 0.29) is 12.1 Å². The number of piperidine rings is 1. The molecule has 3 fully saturated rings. The normalized spacial score (nSPS) is 22.2. The standard InChI is InChI=1S/C31H33N3O5S/c1-17-6-4-5-7-23(17)27-24(29(39-33-27)18-8-9-18)16-38-22-14-20-10-11-21(15-22)34(20)31-32-28-25(36-2)12-19(30(35)37-3)13-26(28)40-31/h4-7,12-13,18,20-22H,8-11,14-16H2,1-3H3/t20-,21?,22?/m0/s1. The highest BCUT2D eigenvalue weighted by molar-refractivity contribution is 7.22. The van der Waals surface area contributed by atoms with Gasteiger partial charge in [0.1, 0.15) is 22.7 Å². The largest absolute Gasteiger partial charge is 0.494 e. The van der Waals surface area contributed by atoms with Gasteiger partial charge in [0.25, 0.3) is 0 Å². The first-order valence-electron chi connectivity index (χ1n) is 14.0. The van der Waals surface area contributed by atoms with Gasteiger partial charge >= 0.3 is 5.97 Å². The van der Waals surface area contributed by atoms with Crippen molar-refractivity contribution in [3.8, 4) is 17.0 Å². The van der Waals surface area contributed by atoms with E-state index in [0.717, 1.165) is 76.5 Å². The van der Waals surface area contributed by atoms with Gasteiger partial charge in [-0.05, 0) is 63.1 Å². The summed E-state index contributed by atoms with van der Waals surface area (Å²) in [6.45, 7) is 2.64. The molecule has 2 unspecified atom stereocenters. The number of rotatable bonds is 8. The predicted octanol–water partition coefficient (Wildman–Crippen LogP) is 6.65. The summed E-state index contributed by atoms with van der Waals surface area (Å²) in [4.78, 5) is 19.6. The number of carbonyl (C=O) groups excluding carboxylic acids is 1. The molecular formula is C31H33N3O5S. The summed E-state index contributed by atoms with van der Waals surface area (Å²) >= 11 is 1.61. The van der Waals surface area contributed by atoms with Crippen molar-refractivity contribution in [2.75, 3.05) is 19.1 Å². The van der Waals surface area contributed by atoms with Crippen LogP contribution in [0.5, 0.6) is 5.75 Å². The van der Waals surface area contributed by atoms with Crippen LogP contribution in [0.3, 0.4) is 0 Å². The van der Waals surface area contributed by atoms with Crippen LogP contribution < -0.4 is 9.64 Å². The summed E-state index contributed by atoms with van der Waals surface area (Å²) in [6.07, 6.45) is 6.66. The maximum absolute atomic E-state index is 12.2. The first kappa shape index (κ1) is 25.5. The van der Waals surface area contributed by atoms with E-state index in [9.17, 15) is 4.79 Å². The monoisotopic (exact) mass is 559 g/mol. The molecule has 0 amide bonds. The Morgan fingerprint density at radius 3 is 2.58 bits per heavy atom. The van der Waals surface area contributed by atoms with Crippen molar-refractivity contribution in [2.24, 2.45) is 0 Å². The van der Waals surface area contributed by atoms with Gasteiger partial charge in [-0.1, -0.05) is 40.8 Å². The number of thiazole rings is 1. The van der Waals surface area contributed by atoms with Gasteiger partial charge in [0.05, 0.1) is 37.2 Å². The number of aromatic nitrogens is 2. The molecule has 2 bridgehead atoms. The van der Waals surface area contributed by atoms with Crippen molar-refractivity contribution in [3.05, 3.63) is 58.8 Å². The number of methoxy groups -OCH3 is 2. The number of aryl methyl sites for hydroxylation is 1. The molecule has 8 nitrogen and oxygen atoms in total. The fourth-order valence-corrected chi connectivity index (χ4v) is 7.61. The predicted molar refractivity (Wildman–Crippen MR) is 153 cm³/mol. The average molecular weight is 560 g/mol. The third-order valence-corrected chi connectivity index (χ3v) is 9.65. The van der Waals surface area contributed by atoms with Crippen molar-refractivity contribution in [1.82, 2.24) is 10.1 Å². The van der Waals surface area contributed by atoms with E-state index in [1.165, 1.54) is 12.7 Å². The Bertz CT molecular complexity index is 1560. The molecule has 208 valence electrons. The maximum Gasteiger partial charge on any atom is 0.338 e. The summed E-state index contributed by atoms with van der Waals surface area (Å²) < 4.78 is 24.0. The van der Waals surface area contributed by atoms with Crippen molar-refractivity contribution in [3.63, 3.8) is 0 Å². The number of hydrogen-bond acceptors (Lipinski definition) is 9. The zero-order valence-corrected chi connectivity index (χ0v) is 23.8. The molecule has 0 radical (unpaired) electrons. The molecule has 2 aliphatic heterocycles. The Labute approximate surface area is 237 Å². The number of nitrogens with zero attached hydrogens (tertiary/aromatic N) is 3. The quantitative estimate of drug-likeness (QED) is 0.222. The summed E-state index contributed by atoms with van der Waals surface area (Å²) in [7, 11) is 3.00. The van der Waals surface area contributed by atoms with Crippen LogP contribution in [-0.4, -0.2) is 48.5 Å². The second-order valence-electron chi connectivity index (χ2n) is 11.2. The minimum Gasteiger partial charge on any atom is -0.494 e. The first-order valence-corrected chi connectivity index (χ1v) is 14.9. The Hall–Kier alpha value is -3.43. The molecular weight excluding hydrogens is 526 g/mol. The van der Waals surface area contributed by atoms with Crippen LogP contribution in [0.1, 0.15) is 71.7 Å². The van der Waals surface area contributed by atoms with Crippen molar-refractivity contribution >= 4 is 32.7 Å². The molecule has 1 saturated carbocycles. The van der Waals surface area contributed by atoms with Gasteiger partial charge in [-0.3, -0.25) is 0 Å². The molecule has 0 N–H and O–H groups in total.